The maximum absolute atomic E-state index is 12.3. The number of carbonyl (C=O) groups is 1. The molecule has 1 amide bonds. The molecule has 0 saturated carbocycles. The average molecular weight is 403 g/mol. The summed E-state index contributed by atoms with van der Waals surface area (Å²) in [6, 6.07) is 6.47. The number of rotatable bonds is 8. The SMILES string of the molecule is COc1ccc(OCc2cc(C(=O)N[C@@H](C)Cc3cnccn3)no2)c(Cl)c1. The van der Waals surface area contributed by atoms with Crippen LogP contribution in [0.3, 0.4) is 0 Å². The molecule has 2 aromatic heterocycles. The molecule has 0 fully saturated rings. The first-order valence-electron chi connectivity index (χ1n) is 8.53. The number of benzene rings is 1. The van der Waals surface area contributed by atoms with Crippen LogP contribution in [0.2, 0.25) is 5.02 Å². The Kier molecular flexibility index (Phi) is 6.44. The molecule has 9 heteroatoms. The van der Waals surface area contributed by atoms with E-state index < -0.39 is 0 Å². The number of carbonyl (C=O) groups excluding carboxylic acids is 1. The summed E-state index contributed by atoms with van der Waals surface area (Å²) in [5.74, 6) is 1.17. The number of methoxy groups -OCH3 is 1. The number of hydrogen-bond donors (Lipinski definition) is 1. The Morgan fingerprint density at radius 3 is 2.89 bits per heavy atom. The largest absolute Gasteiger partial charge is 0.497 e. The molecule has 28 heavy (non-hydrogen) atoms. The predicted octanol–water partition coefficient (Wildman–Crippen LogP) is 3.07. The van der Waals surface area contributed by atoms with E-state index in [1.54, 1.807) is 43.9 Å². The number of hydrogen-bond acceptors (Lipinski definition) is 7. The van der Waals surface area contributed by atoms with E-state index in [1.165, 1.54) is 6.07 Å². The molecule has 0 unspecified atom stereocenters. The van der Waals surface area contributed by atoms with E-state index in [0.29, 0.717) is 28.7 Å². The van der Waals surface area contributed by atoms with Crippen LogP contribution in [-0.2, 0) is 13.0 Å². The summed E-state index contributed by atoms with van der Waals surface area (Å²) < 4.78 is 15.9. The molecular weight excluding hydrogens is 384 g/mol. The summed E-state index contributed by atoms with van der Waals surface area (Å²) in [6.45, 7) is 1.96. The summed E-state index contributed by atoms with van der Waals surface area (Å²) in [7, 11) is 1.56. The van der Waals surface area contributed by atoms with Gasteiger partial charge in [-0.1, -0.05) is 16.8 Å². The standard InChI is InChI=1S/C19H19ClN4O4/c1-12(7-13-10-21-5-6-22-13)23-19(25)17-9-15(28-24-17)11-27-18-4-3-14(26-2)8-16(18)20/h3-6,8-10,12H,7,11H2,1-2H3,(H,23,25)/t12-/m0/s1. The van der Waals surface area contributed by atoms with Crippen LogP contribution in [-0.4, -0.2) is 34.2 Å². The third-order valence-electron chi connectivity index (χ3n) is 3.81. The molecule has 0 aliphatic carbocycles. The maximum Gasteiger partial charge on any atom is 0.273 e. The zero-order chi connectivity index (χ0) is 19.9. The van der Waals surface area contributed by atoms with Gasteiger partial charge in [0.05, 0.1) is 17.8 Å². The number of ether oxygens (including phenoxy) is 2. The highest BCUT2D eigenvalue weighted by Gasteiger charge is 2.16. The molecule has 0 radical (unpaired) electrons. The minimum Gasteiger partial charge on any atom is -0.497 e. The van der Waals surface area contributed by atoms with Gasteiger partial charge in [0, 0.05) is 43.2 Å². The molecule has 0 aliphatic heterocycles. The van der Waals surface area contributed by atoms with Crippen LogP contribution < -0.4 is 14.8 Å². The molecular formula is C19H19ClN4O4. The van der Waals surface area contributed by atoms with E-state index in [9.17, 15) is 4.79 Å². The average Bonchev–Trinajstić information content (AvgIpc) is 3.17. The third kappa shape index (κ3) is 5.20. The summed E-state index contributed by atoms with van der Waals surface area (Å²) in [5.41, 5.74) is 0.964. The highest BCUT2D eigenvalue weighted by molar-refractivity contribution is 6.32. The van der Waals surface area contributed by atoms with Crippen LogP contribution in [0, 0.1) is 0 Å². The second-order valence-electron chi connectivity index (χ2n) is 6.04. The Balaban J connectivity index is 1.53. The highest BCUT2D eigenvalue weighted by Crippen LogP contribution is 2.29. The van der Waals surface area contributed by atoms with Crippen molar-refractivity contribution in [1.29, 1.82) is 0 Å². The van der Waals surface area contributed by atoms with Gasteiger partial charge in [-0.2, -0.15) is 0 Å². The number of nitrogens with zero attached hydrogens (tertiary/aromatic N) is 3. The zero-order valence-electron chi connectivity index (χ0n) is 15.4. The topological polar surface area (TPSA) is 99.4 Å². The van der Waals surface area contributed by atoms with E-state index in [0.717, 1.165) is 5.69 Å². The van der Waals surface area contributed by atoms with Crippen molar-refractivity contribution in [2.45, 2.75) is 26.0 Å². The van der Waals surface area contributed by atoms with Crippen LogP contribution in [0.25, 0.3) is 0 Å². The van der Waals surface area contributed by atoms with Gasteiger partial charge in [0.15, 0.2) is 11.5 Å². The third-order valence-corrected chi connectivity index (χ3v) is 4.11. The molecule has 1 atom stereocenters. The molecule has 146 valence electrons. The highest BCUT2D eigenvalue weighted by atomic mass is 35.5. The van der Waals surface area contributed by atoms with Crippen molar-refractivity contribution in [1.82, 2.24) is 20.4 Å². The lowest BCUT2D eigenvalue weighted by Crippen LogP contribution is -2.34. The van der Waals surface area contributed by atoms with Crippen LogP contribution in [0.4, 0.5) is 0 Å². The van der Waals surface area contributed by atoms with Gasteiger partial charge in [-0.25, -0.2) is 0 Å². The number of aromatic nitrogens is 3. The second kappa shape index (κ2) is 9.18. The molecule has 1 N–H and O–H groups in total. The zero-order valence-corrected chi connectivity index (χ0v) is 16.1. The molecule has 0 saturated heterocycles. The quantitative estimate of drug-likeness (QED) is 0.618. The molecule has 1 aromatic carbocycles. The predicted molar refractivity (Wildman–Crippen MR) is 102 cm³/mol. The first kappa shape index (κ1) is 19.6. The maximum atomic E-state index is 12.3. The molecule has 0 aliphatic rings. The molecule has 3 rings (SSSR count). The van der Waals surface area contributed by atoms with Gasteiger partial charge in [0.25, 0.3) is 5.91 Å². The number of halogens is 1. The van der Waals surface area contributed by atoms with Crippen molar-refractivity contribution in [3.05, 3.63) is 65.0 Å². The summed E-state index contributed by atoms with van der Waals surface area (Å²) in [6.07, 6.45) is 5.44. The van der Waals surface area contributed by atoms with Crippen molar-refractivity contribution >= 4 is 17.5 Å². The van der Waals surface area contributed by atoms with E-state index in [1.807, 2.05) is 6.92 Å². The van der Waals surface area contributed by atoms with Crippen molar-refractivity contribution in [3.63, 3.8) is 0 Å². The fourth-order valence-corrected chi connectivity index (χ4v) is 2.69. The lowest BCUT2D eigenvalue weighted by molar-refractivity contribution is 0.0930. The Morgan fingerprint density at radius 1 is 1.32 bits per heavy atom. The van der Waals surface area contributed by atoms with Crippen LogP contribution in [0.5, 0.6) is 11.5 Å². The minimum absolute atomic E-state index is 0.0848. The molecule has 0 bridgehead atoms. The minimum atomic E-state index is -0.339. The van der Waals surface area contributed by atoms with Crippen molar-refractivity contribution in [2.75, 3.05) is 7.11 Å². The molecule has 3 aromatic rings. The molecule has 0 spiro atoms. The summed E-state index contributed by atoms with van der Waals surface area (Å²) in [4.78, 5) is 20.5. The van der Waals surface area contributed by atoms with Gasteiger partial charge in [-0.05, 0) is 19.1 Å². The van der Waals surface area contributed by atoms with Gasteiger partial charge in [-0.3, -0.25) is 14.8 Å². The second-order valence-corrected chi connectivity index (χ2v) is 6.45. The van der Waals surface area contributed by atoms with Crippen LogP contribution >= 0.6 is 11.6 Å². The van der Waals surface area contributed by atoms with E-state index in [-0.39, 0.29) is 24.2 Å². The lowest BCUT2D eigenvalue weighted by atomic mass is 10.2. The Morgan fingerprint density at radius 2 is 2.18 bits per heavy atom. The fraction of sp³-hybridized carbons (Fsp3) is 0.263. The van der Waals surface area contributed by atoms with Crippen molar-refractivity contribution in [3.8, 4) is 11.5 Å². The van der Waals surface area contributed by atoms with E-state index in [2.05, 4.69) is 20.4 Å². The first-order chi connectivity index (χ1) is 13.5. The fourth-order valence-electron chi connectivity index (χ4n) is 2.46. The van der Waals surface area contributed by atoms with Gasteiger partial charge < -0.3 is 19.3 Å². The van der Waals surface area contributed by atoms with Gasteiger partial charge in [-0.15, -0.1) is 0 Å². The van der Waals surface area contributed by atoms with E-state index in [4.69, 9.17) is 25.6 Å². The van der Waals surface area contributed by atoms with Crippen molar-refractivity contribution in [2.24, 2.45) is 0 Å². The summed E-state index contributed by atoms with van der Waals surface area (Å²) >= 11 is 6.13. The van der Waals surface area contributed by atoms with Gasteiger partial charge in [0.2, 0.25) is 0 Å². The monoisotopic (exact) mass is 402 g/mol. The lowest BCUT2D eigenvalue weighted by Gasteiger charge is -2.11. The first-order valence-corrected chi connectivity index (χ1v) is 8.90. The Labute approximate surface area is 166 Å². The number of amides is 1. The van der Waals surface area contributed by atoms with Gasteiger partial charge in [0.1, 0.15) is 18.1 Å². The Hall–Kier alpha value is -3.13. The molecule has 8 nitrogen and oxygen atoms in total. The van der Waals surface area contributed by atoms with Gasteiger partial charge >= 0.3 is 0 Å². The van der Waals surface area contributed by atoms with Crippen LogP contribution in [0.15, 0.2) is 47.4 Å². The number of nitrogens with one attached hydrogen (secondary N) is 1. The smallest absolute Gasteiger partial charge is 0.273 e. The van der Waals surface area contributed by atoms with Crippen molar-refractivity contribution < 1.29 is 18.8 Å². The summed E-state index contributed by atoms with van der Waals surface area (Å²) in [5, 5.41) is 7.05. The van der Waals surface area contributed by atoms with E-state index >= 15 is 0 Å². The molecule has 2 heterocycles. The Bertz CT molecular complexity index is 933. The van der Waals surface area contributed by atoms with Crippen LogP contribution in [0.1, 0.15) is 28.9 Å². The normalized spacial score (nSPS) is 11.7.